The molecule has 1 aliphatic heterocycles. The topological polar surface area (TPSA) is 66.5 Å². The van der Waals surface area contributed by atoms with Crippen molar-refractivity contribution in [1.82, 2.24) is 4.31 Å². The van der Waals surface area contributed by atoms with Crippen LogP contribution in [-0.2, 0) is 14.8 Å². The third-order valence-electron chi connectivity index (χ3n) is 4.75. The Morgan fingerprint density at radius 2 is 1.81 bits per heavy atom. The smallest absolute Gasteiger partial charge is 0.243 e. The maximum Gasteiger partial charge on any atom is 0.243 e. The number of hydrogen-bond donors (Lipinski definition) is 1. The fraction of sp³-hybridized carbons (Fsp3) is 0.350. The van der Waals surface area contributed by atoms with Crippen LogP contribution in [0.2, 0.25) is 0 Å². The third-order valence-corrected chi connectivity index (χ3v) is 6.65. The van der Waals surface area contributed by atoms with E-state index in [4.69, 9.17) is 0 Å². The quantitative estimate of drug-likeness (QED) is 0.817. The number of nitrogens with zero attached hydrogens (tertiary/aromatic N) is 1. The van der Waals surface area contributed by atoms with E-state index in [2.05, 4.69) is 5.32 Å². The number of nitrogens with one attached hydrogen (secondary N) is 1. The highest BCUT2D eigenvalue weighted by Crippen LogP contribution is 2.24. The summed E-state index contributed by atoms with van der Waals surface area (Å²) >= 11 is 0. The molecule has 1 unspecified atom stereocenters. The van der Waals surface area contributed by atoms with Gasteiger partial charge in [0.2, 0.25) is 15.9 Å². The van der Waals surface area contributed by atoms with Crippen molar-refractivity contribution in [3.05, 3.63) is 59.9 Å². The Morgan fingerprint density at radius 1 is 1.15 bits per heavy atom. The second-order valence-corrected chi connectivity index (χ2v) is 8.78. The summed E-state index contributed by atoms with van der Waals surface area (Å²) in [7, 11) is -3.52. The normalized spacial score (nSPS) is 16.2. The Labute approximate surface area is 159 Å². The van der Waals surface area contributed by atoms with E-state index in [1.54, 1.807) is 30.3 Å². The summed E-state index contributed by atoms with van der Waals surface area (Å²) in [5, 5.41) is 2.76. The molecule has 0 radical (unpaired) electrons. The number of rotatable bonds is 6. The van der Waals surface area contributed by atoms with Crippen molar-refractivity contribution in [2.24, 2.45) is 0 Å². The summed E-state index contributed by atoms with van der Waals surface area (Å²) in [5.74, 6) is -0.615. The van der Waals surface area contributed by atoms with E-state index in [-0.39, 0.29) is 29.0 Å². The van der Waals surface area contributed by atoms with Crippen LogP contribution in [0, 0.1) is 5.82 Å². The standard InChI is InChI=1S/C20H23FN2O3S/c1-15(16-7-9-17(21)10-8-16)13-20(24)22-18-5-4-6-19(14-18)27(25,26)23-11-2-3-12-23/h4-10,14-15H,2-3,11-13H2,1H3,(H,22,24). The summed E-state index contributed by atoms with van der Waals surface area (Å²) in [4.78, 5) is 12.5. The molecule has 0 bridgehead atoms. The average Bonchev–Trinajstić information content (AvgIpc) is 3.18. The first kappa shape index (κ1) is 19.5. The van der Waals surface area contributed by atoms with Gasteiger partial charge >= 0.3 is 0 Å². The van der Waals surface area contributed by atoms with Gasteiger partial charge in [-0.25, -0.2) is 12.8 Å². The molecule has 7 heteroatoms. The molecule has 0 spiro atoms. The third kappa shape index (κ3) is 4.73. The lowest BCUT2D eigenvalue weighted by Crippen LogP contribution is -2.28. The van der Waals surface area contributed by atoms with E-state index in [1.165, 1.54) is 22.5 Å². The lowest BCUT2D eigenvalue weighted by atomic mass is 9.97. The number of sulfonamides is 1. The Hall–Kier alpha value is -2.25. The summed E-state index contributed by atoms with van der Waals surface area (Å²) in [6.07, 6.45) is 1.96. The van der Waals surface area contributed by atoms with E-state index in [0.717, 1.165) is 18.4 Å². The van der Waals surface area contributed by atoms with Crippen molar-refractivity contribution in [3.8, 4) is 0 Å². The van der Waals surface area contributed by atoms with Crippen molar-refractivity contribution >= 4 is 21.6 Å². The van der Waals surface area contributed by atoms with Gasteiger partial charge in [-0.3, -0.25) is 4.79 Å². The first-order chi connectivity index (χ1) is 12.9. The summed E-state index contributed by atoms with van der Waals surface area (Å²) in [6, 6.07) is 12.4. The van der Waals surface area contributed by atoms with Gasteiger partial charge in [-0.05, 0) is 54.7 Å². The maximum atomic E-state index is 13.0. The fourth-order valence-electron chi connectivity index (χ4n) is 3.21. The molecule has 2 aromatic carbocycles. The first-order valence-corrected chi connectivity index (χ1v) is 10.5. The highest BCUT2D eigenvalue weighted by molar-refractivity contribution is 7.89. The van der Waals surface area contributed by atoms with E-state index >= 15 is 0 Å². The van der Waals surface area contributed by atoms with E-state index < -0.39 is 10.0 Å². The van der Waals surface area contributed by atoms with Crippen LogP contribution in [0.1, 0.15) is 37.7 Å². The van der Waals surface area contributed by atoms with Crippen LogP contribution in [0.4, 0.5) is 10.1 Å². The van der Waals surface area contributed by atoms with Crippen LogP contribution in [0.15, 0.2) is 53.4 Å². The molecule has 1 atom stereocenters. The Bertz CT molecular complexity index is 907. The highest BCUT2D eigenvalue weighted by atomic mass is 32.2. The van der Waals surface area contributed by atoms with Crippen LogP contribution in [-0.4, -0.2) is 31.7 Å². The molecule has 1 amide bonds. The SMILES string of the molecule is CC(CC(=O)Nc1cccc(S(=O)(=O)N2CCCC2)c1)c1ccc(F)cc1. The maximum absolute atomic E-state index is 13.0. The molecular formula is C20H23FN2O3S. The molecule has 0 saturated carbocycles. The molecule has 1 N–H and O–H groups in total. The van der Waals surface area contributed by atoms with E-state index in [9.17, 15) is 17.6 Å². The molecule has 27 heavy (non-hydrogen) atoms. The van der Waals surface area contributed by atoms with Gasteiger partial charge < -0.3 is 5.32 Å². The van der Waals surface area contributed by atoms with Gasteiger partial charge in [0.1, 0.15) is 5.82 Å². The van der Waals surface area contributed by atoms with Gasteiger partial charge in [-0.2, -0.15) is 4.31 Å². The van der Waals surface area contributed by atoms with Gasteiger partial charge in [-0.1, -0.05) is 25.1 Å². The van der Waals surface area contributed by atoms with Crippen LogP contribution in [0.3, 0.4) is 0 Å². The van der Waals surface area contributed by atoms with Crippen LogP contribution in [0.5, 0.6) is 0 Å². The van der Waals surface area contributed by atoms with Crippen molar-refractivity contribution in [3.63, 3.8) is 0 Å². The number of carbonyl (C=O) groups excluding carboxylic acids is 1. The van der Waals surface area contributed by atoms with Crippen molar-refractivity contribution in [2.75, 3.05) is 18.4 Å². The minimum atomic E-state index is -3.52. The molecule has 1 saturated heterocycles. The monoisotopic (exact) mass is 390 g/mol. The number of hydrogen-bond acceptors (Lipinski definition) is 3. The number of halogens is 1. The molecule has 2 aromatic rings. The first-order valence-electron chi connectivity index (χ1n) is 9.02. The predicted octanol–water partition coefficient (Wildman–Crippen LogP) is 3.74. The lowest BCUT2D eigenvalue weighted by Gasteiger charge is -2.16. The highest BCUT2D eigenvalue weighted by Gasteiger charge is 2.27. The summed E-state index contributed by atoms with van der Waals surface area (Å²) in [6.45, 7) is 2.96. The predicted molar refractivity (Wildman–Crippen MR) is 102 cm³/mol. The zero-order chi connectivity index (χ0) is 19.4. The van der Waals surface area contributed by atoms with Gasteiger partial charge in [0.15, 0.2) is 0 Å². The van der Waals surface area contributed by atoms with Gasteiger partial charge in [0.05, 0.1) is 4.90 Å². The molecule has 1 heterocycles. The Morgan fingerprint density at radius 3 is 2.48 bits per heavy atom. The molecule has 144 valence electrons. The lowest BCUT2D eigenvalue weighted by molar-refractivity contribution is -0.116. The number of carbonyl (C=O) groups is 1. The Kier molecular flexibility index (Phi) is 5.92. The Balaban J connectivity index is 1.67. The van der Waals surface area contributed by atoms with Crippen molar-refractivity contribution in [1.29, 1.82) is 0 Å². The van der Waals surface area contributed by atoms with Crippen molar-refractivity contribution < 1.29 is 17.6 Å². The van der Waals surface area contributed by atoms with Gasteiger partial charge in [0.25, 0.3) is 0 Å². The van der Waals surface area contributed by atoms with Crippen LogP contribution < -0.4 is 5.32 Å². The van der Waals surface area contributed by atoms with Gasteiger partial charge in [-0.15, -0.1) is 0 Å². The zero-order valence-corrected chi connectivity index (χ0v) is 16.0. The number of anilines is 1. The van der Waals surface area contributed by atoms with Crippen LogP contribution in [0.25, 0.3) is 0 Å². The molecule has 5 nitrogen and oxygen atoms in total. The van der Waals surface area contributed by atoms with Gasteiger partial charge in [0, 0.05) is 25.2 Å². The van der Waals surface area contributed by atoms with Crippen molar-refractivity contribution in [2.45, 2.75) is 37.0 Å². The largest absolute Gasteiger partial charge is 0.326 e. The minimum absolute atomic E-state index is 0.0814. The van der Waals surface area contributed by atoms with E-state index in [1.807, 2.05) is 6.92 Å². The molecule has 1 fully saturated rings. The molecule has 1 aliphatic rings. The molecular weight excluding hydrogens is 367 g/mol. The molecule has 3 rings (SSSR count). The number of amides is 1. The van der Waals surface area contributed by atoms with Crippen LogP contribution >= 0.6 is 0 Å². The number of benzene rings is 2. The van der Waals surface area contributed by atoms with E-state index in [0.29, 0.717) is 18.8 Å². The summed E-state index contributed by atoms with van der Waals surface area (Å²) < 4.78 is 39.8. The molecule has 0 aliphatic carbocycles. The fourth-order valence-corrected chi connectivity index (χ4v) is 4.77. The average molecular weight is 390 g/mol. The minimum Gasteiger partial charge on any atom is -0.326 e. The summed E-state index contributed by atoms with van der Waals surface area (Å²) in [5.41, 5.74) is 1.32. The molecule has 0 aromatic heterocycles. The second-order valence-electron chi connectivity index (χ2n) is 6.84. The zero-order valence-electron chi connectivity index (χ0n) is 15.2. The second kappa shape index (κ2) is 8.19.